The van der Waals surface area contributed by atoms with Gasteiger partial charge in [0.05, 0.1) is 4.47 Å². The maximum atomic E-state index is 13.2. The Morgan fingerprint density at radius 1 is 1.37 bits per heavy atom. The molecule has 2 rings (SSSR count). The van der Waals surface area contributed by atoms with E-state index in [-0.39, 0.29) is 5.82 Å². The molecule has 5 heteroatoms. The molecule has 1 heterocycles. The molecular weight excluding hydrogens is 311 g/mol. The van der Waals surface area contributed by atoms with Crippen LogP contribution in [-0.2, 0) is 6.54 Å². The number of hydrogen-bond donors (Lipinski definition) is 1. The van der Waals surface area contributed by atoms with Crippen molar-refractivity contribution in [1.82, 2.24) is 10.3 Å². The van der Waals surface area contributed by atoms with Crippen LogP contribution in [0.15, 0.2) is 41.1 Å². The molecule has 1 N–H and O–H groups in total. The molecule has 100 valence electrons. The normalized spacial score (nSPS) is 10.5. The summed E-state index contributed by atoms with van der Waals surface area (Å²) in [5.41, 5.74) is 0.963. The Morgan fingerprint density at radius 3 is 2.95 bits per heavy atom. The highest BCUT2D eigenvalue weighted by Crippen LogP contribution is 2.28. The first-order valence-corrected chi connectivity index (χ1v) is 6.76. The summed E-state index contributed by atoms with van der Waals surface area (Å²) >= 11 is 3.14. The number of rotatable bonds is 5. The predicted octanol–water partition coefficient (Wildman–Crippen LogP) is 3.89. The molecule has 0 aliphatic carbocycles. The summed E-state index contributed by atoms with van der Waals surface area (Å²) in [6, 6.07) is 6.36. The molecule has 0 saturated carbocycles. The van der Waals surface area contributed by atoms with E-state index in [0.29, 0.717) is 16.8 Å². The van der Waals surface area contributed by atoms with Gasteiger partial charge in [-0.3, -0.25) is 4.98 Å². The summed E-state index contributed by atoms with van der Waals surface area (Å²) in [4.78, 5) is 4.08. The van der Waals surface area contributed by atoms with Crippen molar-refractivity contribution in [2.45, 2.75) is 13.5 Å². The van der Waals surface area contributed by atoms with Crippen LogP contribution < -0.4 is 10.1 Å². The Hall–Kier alpha value is -1.46. The monoisotopic (exact) mass is 324 g/mol. The fourth-order valence-corrected chi connectivity index (χ4v) is 1.93. The Bertz CT molecular complexity index is 563. The Morgan fingerprint density at radius 2 is 2.21 bits per heavy atom. The minimum absolute atomic E-state index is 0.310. The summed E-state index contributed by atoms with van der Waals surface area (Å²) in [6.07, 6.45) is 3.43. The highest BCUT2D eigenvalue weighted by molar-refractivity contribution is 9.10. The molecule has 0 aliphatic heterocycles. The van der Waals surface area contributed by atoms with Crippen LogP contribution in [0.5, 0.6) is 11.5 Å². The Balaban J connectivity index is 2.20. The summed E-state index contributed by atoms with van der Waals surface area (Å²) in [6.45, 7) is 3.59. The highest BCUT2D eigenvalue weighted by Gasteiger charge is 2.06. The zero-order valence-corrected chi connectivity index (χ0v) is 12.1. The van der Waals surface area contributed by atoms with Crippen molar-refractivity contribution >= 4 is 15.9 Å². The summed E-state index contributed by atoms with van der Waals surface area (Å²) in [5.74, 6) is 0.988. The van der Waals surface area contributed by atoms with Gasteiger partial charge in [0.1, 0.15) is 17.3 Å². The van der Waals surface area contributed by atoms with E-state index in [1.165, 1.54) is 6.07 Å². The van der Waals surface area contributed by atoms with Gasteiger partial charge in [-0.25, -0.2) is 4.39 Å². The third-order valence-electron chi connectivity index (χ3n) is 2.54. The van der Waals surface area contributed by atoms with Crippen molar-refractivity contribution in [2.24, 2.45) is 0 Å². The van der Waals surface area contributed by atoms with Crippen molar-refractivity contribution in [1.29, 1.82) is 0 Å². The summed E-state index contributed by atoms with van der Waals surface area (Å²) in [7, 11) is 0. The molecule has 19 heavy (non-hydrogen) atoms. The first-order valence-electron chi connectivity index (χ1n) is 5.97. The van der Waals surface area contributed by atoms with Gasteiger partial charge >= 0.3 is 0 Å². The molecule has 1 aromatic heterocycles. The van der Waals surface area contributed by atoms with Gasteiger partial charge in [0.15, 0.2) is 0 Å². The van der Waals surface area contributed by atoms with Gasteiger partial charge in [0.2, 0.25) is 0 Å². The summed E-state index contributed by atoms with van der Waals surface area (Å²) in [5, 5.41) is 3.22. The van der Waals surface area contributed by atoms with E-state index in [9.17, 15) is 4.39 Å². The van der Waals surface area contributed by atoms with Crippen LogP contribution >= 0.6 is 15.9 Å². The average molecular weight is 325 g/mol. The molecule has 0 fully saturated rings. The van der Waals surface area contributed by atoms with Crippen LogP contribution in [0.4, 0.5) is 4.39 Å². The van der Waals surface area contributed by atoms with E-state index in [1.807, 2.05) is 6.92 Å². The number of nitrogens with one attached hydrogen (secondary N) is 1. The number of hydrogen-bond acceptors (Lipinski definition) is 3. The molecule has 0 atom stereocenters. The van der Waals surface area contributed by atoms with Crippen LogP contribution in [0.25, 0.3) is 0 Å². The van der Waals surface area contributed by atoms with Gasteiger partial charge in [-0.1, -0.05) is 6.92 Å². The molecule has 0 bridgehead atoms. The maximum absolute atomic E-state index is 13.2. The van der Waals surface area contributed by atoms with Gasteiger partial charge in [0, 0.05) is 24.5 Å². The average Bonchev–Trinajstić information content (AvgIpc) is 2.42. The fourth-order valence-electron chi connectivity index (χ4n) is 1.57. The van der Waals surface area contributed by atoms with E-state index in [4.69, 9.17) is 4.74 Å². The van der Waals surface area contributed by atoms with E-state index in [0.717, 1.165) is 17.9 Å². The molecule has 0 radical (unpaired) electrons. The molecular formula is C14H14BrFN2O. The zero-order chi connectivity index (χ0) is 13.7. The van der Waals surface area contributed by atoms with Gasteiger partial charge in [-0.05, 0) is 46.7 Å². The molecule has 0 spiro atoms. The molecule has 0 aliphatic rings. The largest absolute Gasteiger partial charge is 0.457 e. The summed E-state index contributed by atoms with van der Waals surface area (Å²) < 4.78 is 19.3. The first-order chi connectivity index (χ1) is 9.20. The maximum Gasteiger partial charge on any atom is 0.137 e. The standard InChI is InChI=1S/C14H14BrFN2O/c1-2-17-8-10-9-18-6-5-14(10)19-11-3-4-13(16)12(15)7-11/h3-7,9,17H,2,8H2,1H3. The van der Waals surface area contributed by atoms with Crippen LogP contribution in [0, 0.1) is 5.82 Å². The molecule has 0 unspecified atom stereocenters. The second kappa shape index (κ2) is 6.63. The third-order valence-corrected chi connectivity index (χ3v) is 3.15. The van der Waals surface area contributed by atoms with Crippen molar-refractivity contribution in [3.8, 4) is 11.5 Å². The molecule has 0 saturated heterocycles. The predicted molar refractivity (Wildman–Crippen MR) is 75.8 cm³/mol. The Labute approximate surface area is 119 Å². The number of halogens is 2. The lowest BCUT2D eigenvalue weighted by molar-refractivity contribution is 0.470. The quantitative estimate of drug-likeness (QED) is 0.906. The van der Waals surface area contributed by atoms with Crippen molar-refractivity contribution < 1.29 is 9.13 Å². The minimum Gasteiger partial charge on any atom is -0.457 e. The van der Waals surface area contributed by atoms with E-state index in [2.05, 4.69) is 26.2 Å². The van der Waals surface area contributed by atoms with Gasteiger partial charge < -0.3 is 10.1 Å². The number of pyridine rings is 1. The lowest BCUT2D eigenvalue weighted by Crippen LogP contribution is -2.12. The van der Waals surface area contributed by atoms with Crippen molar-refractivity contribution in [3.63, 3.8) is 0 Å². The SMILES string of the molecule is CCNCc1cnccc1Oc1ccc(F)c(Br)c1. The zero-order valence-electron chi connectivity index (χ0n) is 10.5. The molecule has 2 aromatic rings. The fraction of sp³-hybridized carbons (Fsp3) is 0.214. The minimum atomic E-state index is -0.310. The van der Waals surface area contributed by atoms with E-state index in [1.54, 1.807) is 30.6 Å². The number of nitrogens with zero attached hydrogens (tertiary/aromatic N) is 1. The van der Waals surface area contributed by atoms with Gasteiger partial charge in [-0.2, -0.15) is 0 Å². The lowest BCUT2D eigenvalue weighted by atomic mass is 10.2. The van der Waals surface area contributed by atoms with Gasteiger partial charge in [-0.15, -0.1) is 0 Å². The first kappa shape index (κ1) is 14.0. The second-order valence-corrected chi connectivity index (χ2v) is 4.80. The number of ether oxygens (including phenoxy) is 1. The van der Waals surface area contributed by atoms with Crippen LogP contribution in [-0.4, -0.2) is 11.5 Å². The van der Waals surface area contributed by atoms with Gasteiger partial charge in [0.25, 0.3) is 0 Å². The van der Waals surface area contributed by atoms with E-state index < -0.39 is 0 Å². The lowest BCUT2D eigenvalue weighted by Gasteiger charge is -2.11. The second-order valence-electron chi connectivity index (χ2n) is 3.94. The molecule has 0 amide bonds. The van der Waals surface area contributed by atoms with Crippen molar-refractivity contribution in [2.75, 3.05) is 6.54 Å². The van der Waals surface area contributed by atoms with Crippen LogP contribution in [0.1, 0.15) is 12.5 Å². The molecule has 3 nitrogen and oxygen atoms in total. The Kier molecular flexibility index (Phi) is 4.87. The smallest absolute Gasteiger partial charge is 0.137 e. The topological polar surface area (TPSA) is 34.2 Å². The number of benzene rings is 1. The van der Waals surface area contributed by atoms with E-state index >= 15 is 0 Å². The highest BCUT2D eigenvalue weighted by atomic mass is 79.9. The van der Waals surface area contributed by atoms with Crippen molar-refractivity contribution in [3.05, 3.63) is 52.5 Å². The van der Waals surface area contributed by atoms with Crippen LogP contribution in [0.2, 0.25) is 0 Å². The third kappa shape index (κ3) is 3.75. The molecule has 1 aromatic carbocycles. The van der Waals surface area contributed by atoms with Crippen LogP contribution in [0.3, 0.4) is 0 Å². The number of aromatic nitrogens is 1.